The van der Waals surface area contributed by atoms with Gasteiger partial charge in [0.25, 0.3) is 5.91 Å². The maximum Gasteiger partial charge on any atom is 0.263 e. The summed E-state index contributed by atoms with van der Waals surface area (Å²) in [6.07, 6.45) is 13.6. The van der Waals surface area contributed by atoms with E-state index in [9.17, 15) is 9.00 Å². The topological polar surface area (TPSA) is 93.7 Å². The molecule has 2 aromatic carbocycles. The maximum absolute atomic E-state index is 13.4. The third-order valence-electron chi connectivity index (χ3n) is 11.0. The van der Waals surface area contributed by atoms with Gasteiger partial charge in [-0.25, -0.2) is 14.2 Å². The van der Waals surface area contributed by atoms with E-state index in [0.717, 1.165) is 68.1 Å². The number of ether oxygens (including phenoxy) is 2. The Morgan fingerprint density at radius 3 is 2.60 bits per heavy atom. The molecule has 8 nitrogen and oxygen atoms in total. The Morgan fingerprint density at radius 2 is 1.89 bits per heavy atom. The molecule has 2 aliphatic heterocycles. The molecular formula is C37H47ClN4O4S. The number of benzene rings is 2. The molecule has 2 bridgehead atoms. The minimum atomic E-state index is -1.47. The first kappa shape index (κ1) is 33.9. The van der Waals surface area contributed by atoms with E-state index in [-0.39, 0.29) is 28.6 Å². The van der Waals surface area contributed by atoms with Crippen molar-refractivity contribution in [1.29, 1.82) is 0 Å². The minimum Gasteiger partial charge on any atom is -0.490 e. The van der Waals surface area contributed by atoms with Crippen LogP contribution in [0, 0.1) is 17.8 Å². The highest BCUT2D eigenvalue weighted by atomic mass is 35.5. The number of fused-ring (bicyclic) bond motifs is 4. The first-order valence-corrected chi connectivity index (χ1v) is 18.6. The van der Waals surface area contributed by atoms with Gasteiger partial charge in [0, 0.05) is 48.6 Å². The number of aryl methyl sites for hydroxylation is 1. The summed E-state index contributed by atoms with van der Waals surface area (Å²) in [4.78, 5) is 23.2. The number of carbonyl (C=O) groups is 1. The Kier molecular flexibility index (Phi) is 10.8. The molecule has 1 fully saturated rings. The molecule has 7 atom stereocenters. The van der Waals surface area contributed by atoms with E-state index in [0.29, 0.717) is 24.0 Å². The number of anilines is 1. The highest BCUT2D eigenvalue weighted by Gasteiger charge is 2.44. The van der Waals surface area contributed by atoms with Gasteiger partial charge in [-0.1, -0.05) is 31.0 Å². The maximum atomic E-state index is 13.4. The number of rotatable bonds is 1. The molecule has 3 aromatic rings. The number of methoxy groups -OCH3 is 1. The van der Waals surface area contributed by atoms with Crippen LogP contribution < -0.4 is 14.4 Å². The molecule has 1 spiro atoms. The van der Waals surface area contributed by atoms with Crippen molar-refractivity contribution < 1.29 is 18.5 Å². The van der Waals surface area contributed by atoms with E-state index in [1.54, 1.807) is 24.5 Å². The zero-order chi connectivity index (χ0) is 33.0. The number of aromatic nitrogens is 2. The van der Waals surface area contributed by atoms with Crippen LogP contribution in [-0.2, 0) is 27.6 Å². The van der Waals surface area contributed by atoms with Crippen LogP contribution in [0.15, 0.2) is 61.2 Å². The van der Waals surface area contributed by atoms with Gasteiger partial charge in [0.1, 0.15) is 23.1 Å². The molecule has 0 radical (unpaired) electrons. The number of amides is 1. The Balaban J connectivity index is 0.000000580. The van der Waals surface area contributed by atoms with E-state index >= 15 is 0 Å². The lowest BCUT2D eigenvalue weighted by molar-refractivity contribution is -0.0224. The summed E-state index contributed by atoms with van der Waals surface area (Å²) in [6.45, 7) is 6.42. The van der Waals surface area contributed by atoms with Gasteiger partial charge in [0.15, 0.2) is 0 Å². The molecule has 47 heavy (non-hydrogen) atoms. The standard InChI is InChI=1S/C33H43ClN2O4S.C4H4N2/c1-21-6-4-8-30(39-3)27-12-9-25(27)18-36-19-33(15-5-7-23-16-26(34)11-13-28(23)33)20-40-31-14-10-24(17-29(31)36)32(37)35-41(38)22(21)2;1-2-5-4-6-3-1/h10-11,13-14,16-17,21-22,25,27,30H,4-9,12,15,18-20H2,1-3H3,(H,35,37);1-4H/t21?,22?,25?,27?,30?,33-,41?;/m0./s1. The Labute approximate surface area is 286 Å². The van der Waals surface area contributed by atoms with Crippen molar-refractivity contribution in [3.05, 3.63) is 82.9 Å². The number of carbonyl (C=O) groups excluding carboxylic acids is 1. The van der Waals surface area contributed by atoms with Crippen molar-refractivity contribution in [3.63, 3.8) is 0 Å². The summed E-state index contributed by atoms with van der Waals surface area (Å²) >= 11 is 6.42. The van der Waals surface area contributed by atoms with Gasteiger partial charge < -0.3 is 14.4 Å². The van der Waals surface area contributed by atoms with Crippen LogP contribution in [0.3, 0.4) is 0 Å². The normalized spacial score (nSPS) is 30.6. The van der Waals surface area contributed by atoms with E-state index in [2.05, 4.69) is 38.6 Å². The third kappa shape index (κ3) is 7.52. The highest BCUT2D eigenvalue weighted by molar-refractivity contribution is 7.84. The number of nitrogens with one attached hydrogen (secondary N) is 1. The second kappa shape index (κ2) is 15.0. The zero-order valence-corrected chi connectivity index (χ0v) is 29.3. The van der Waals surface area contributed by atoms with Crippen LogP contribution in [0.4, 0.5) is 5.69 Å². The fraction of sp³-hybridized carbons (Fsp3) is 0.541. The molecule has 1 aromatic heterocycles. The van der Waals surface area contributed by atoms with Crippen molar-refractivity contribution >= 4 is 34.2 Å². The lowest BCUT2D eigenvalue weighted by Crippen LogP contribution is -2.49. The Bertz CT molecular complexity index is 1530. The molecule has 3 heterocycles. The molecule has 0 saturated heterocycles. The fourth-order valence-electron chi connectivity index (χ4n) is 7.94. The van der Waals surface area contributed by atoms with E-state index in [1.165, 1.54) is 30.3 Å². The van der Waals surface area contributed by atoms with Crippen LogP contribution in [0.2, 0.25) is 5.02 Å². The molecule has 6 unspecified atom stereocenters. The van der Waals surface area contributed by atoms with Crippen molar-refractivity contribution in [3.8, 4) is 5.75 Å². The monoisotopic (exact) mass is 678 g/mol. The summed E-state index contributed by atoms with van der Waals surface area (Å²) < 4.78 is 28.7. The van der Waals surface area contributed by atoms with E-state index in [1.807, 2.05) is 32.2 Å². The second-order valence-corrected chi connectivity index (χ2v) is 15.8. The average molecular weight is 679 g/mol. The lowest BCUT2D eigenvalue weighted by Gasteiger charge is -2.46. The van der Waals surface area contributed by atoms with Gasteiger partial charge in [-0.3, -0.25) is 9.52 Å². The molecule has 4 aliphatic rings. The smallest absolute Gasteiger partial charge is 0.263 e. The largest absolute Gasteiger partial charge is 0.490 e. The van der Waals surface area contributed by atoms with Gasteiger partial charge in [0.05, 0.1) is 23.6 Å². The molecule has 2 aliphatic carbocycles. The van der Waals surface area contributed by atoms with Crippen LogP contribution in [-0.4, -0.2) is 58.2 Å². The van der Waals surface area contributed by atoms with Crippen LogP contribution >= 0.6 is 11.6 Å². The molecular weight excluding hydrogens is 632 g/mol. The Hall–Kier alpha value is -3.01. The molecule has 1 amide bonds. The predicted molar refractivity (Wildman–Crippen MR) is 187 cm³/mol. The van der Waals surface area contributed by atoms with Crippen LogP contribution in [0.1, 0.15) is 80.3 Å². The summed E-state index contributed by atoms with van der Waals surface area (Å²) in [5.74, 6) is 1.78. The predicted octanol–water partition coefficient (Wildman–Crippen LogP) is 6.93. The van der Waals surface area contributed by atoms with Gasteiger partial charge in [-0.05, 0) is 117 Å². The van der Waals surface area contributed by atoms with Gasteiger partial charge in [-0.2, -0.15) is 0 Å². The minimum absolute atomic E-state index is 0.135. The third-order valence-corrected chi connectivity index (χ3v) is 12.7. The lowest BCUT2D eigenvalue weighted by atomic mass is 9.68. The highest BCUT2D eigenvalue weighted by Crippen LogP contribution is 2.47. The van der Waals surface area contributed by atoms with Crippen LogP contribution in [0.5, 0.6) is 5.75 Å². The van der Waals surface area contributed by atoms with Crippen LogP contribution in [0.25, 0.3) is 0 Å². The molecule has 1 saturated carbocycles. The quantitative estimate of drug-likeness (QED) is 0.298. The molecule has 252 valence electrons. The summed E-state index contributed by atoms with van der Waals surface area (Å²) in [6, 6.07) is 13.8. The SMILES string of the molecule is COC1CCCC(C)C(C)S(=O)NC(=O)c2ccc3c(c2)N(CC2CCC21)C[C@@]1(CCCc2cc(Cl)ccc21)CO3.c1cncnc1. The number of hydrogen-bond acceptors (Lipinski definition) is 7. The molecule has 10 heteroatoms. The van der Waals surface area contributed by atoms with Crippen molar-refractivity contribution in [2.75, 3.05) is 31.7 Å². The summed E-state index contributed by atoms with van der Waals surface area (Å²) in [5, 5.41) is 0.646. The zero-order valence-electron chi connectivity index (χ0n) is 27.7. The average Bonchev–Trinajstić information content (AvgIpc) is 3.23. The fourth-order valence-corrected chi connectivity index (χ4v) is 9.18. The number of halogens is 1. The first-order valence-electron chi connectivity index (χ1n) is 17.0. The Morgan fingerprint density at radius 1 is 1.06 bits per heavy atom. The second-order valence-electron chi connectivity index (χ2n) is 13.8. The molecule has 7 rings (SSSR count). The van der Waals surface area contributed by atoms with Gasteiger partial charge in [-0.15, -0.1) is 0 Å². The van der Waals surface area contributed by atoms with Crippen molar-refractivity contribution in [2.45, 2.75) is 82.0 Å². The first-order chi connectivity index (χ1) is 22.8. The molecule has 1 N–H and O–H groups in total. The summed E-state index contributed by atoms with van der Waals surface area (Å²) in [7, 11) is 0.390. The van der Waals surface area contributed by atoms with Gasteiger partial charge >= 0.3 is 0 Å². The van der Waals surface area contributed by atoms with Gasteiger partial charge in [0.2, 0.25) is 0 Å². The summed E-state index contributed by atoms with van der Waals surface area (Å²) in [5.41, 5.74) is 3.97. The van der Waals surface area contributed by atoms with Crippen molar-refractivity contribution in [1.82, 2.24) is 14.7 Å². The van der Waals surface area contributed by atoms with E-state index in [4.69, 9.17) is 21.1 Å². The van der Waals surface area contributed by atoms with E-state index < -0.39 is 11.0 Å². The number of nitrogens with zero attached hydrogens (tertiary/aromatic N) is 3. The van der Waals surface area contributed by atoms with Crippen molar-refractivity contribution in [2.24, 2.45) is 17.8 Å². The number of hydrogen-bond donors (Lipinski definition) is 1.